The number of methoxy groups -OCH3 is 1. The maximum absolute atomic E-state index is 14.0. The van der Waals surface area contributed by atoms with Crippen LogP contribution in [0.25, 0.3) is 11.3 Å². The Hall–Kier alpha value is -2.75. The lowest BCUT2D eigenvalue weighted by molar-refractivity contribution is -0.206. The summed E-state index contributed by atoms with van der Waals surface area (Å²) >= 11 is 0. The topological polar surface area (TPSA) is 98.3 Å². The van der Waals surface area contributed by atoms with Crippen LogP contribution in [0.15, 0.2) is 24.4 Å². The summed E-state index contributed by atoms with van der Waals surface area (Å²) in [6.07, 6.45) is -6.70. The Morgan fingerprint density at radius 2 is 2.04 bits per heavy atom. The molecule has 10 heteroatoms. The van der Waals surface area contributed by atoms with E-state index >= 15 is 0 Å². The Morgan fingerprint density at radius 3 is 2.58 bits per heavy atom. The molecule has 2 aromatic rings. The maximum Gasteiger partial charge on any atom is 0.418 e. The van der Waals surface area contributed by atoms with Crippen LogP contribution in [0.1, 0.15) is 22.2 Å². The molecular weight excluding hydrogens is 334 g/mol. The number of hydrogen-bond acceptors (Lipinski definition) is 5. The number of amides is 1. The highest BCUT2D eigenvalue weighted by atomic mass is 19.4. The molecule has 0 aliphatic rings. The maximum atomic E-state index is 14.0. The van der Waals surface area contributed by atoms with Crippen LogP contribution in [0.3, 0.4) is 0 Å². The van der Waals surface area contributed by atoms with Crippen molar-refractivity contribution in [1.29, 1.82) is 0 Å². The number of benzene rings is 1. The van der Waals surface area contributed by atoms with Gasteiger partial charge < -0.3 is 15.6 Å². The van der Waals surface area contributed by atoms with Crippen LogP contribution in [-0.2, 0) is 0 Å². The minimum atomic E-state index is -4.92. The van der Waals surface area contributed by atoms with Gasteiger partial charge in [-0.05, 0) is 17.7 Å². The van der Waals surface area contributed by atoms with Crippen molar-refractivity contribution in [2.24, 2.45) is 5.73 Å². The van der Waals surface area contributed by atoms with Crippen molar-refractivity contribution < 1.29 is 32.2 Å². The zero-order valence-electron chi connectivity index (χ0n) is 12.1. The highest BCUT2D eigenvalue weighted by Crippen LogP contribution is 2.34. The summed E-state index contributed by atoms with van der Waals surface area (Å²) in [5.41, 5.74) is 3.50. The number of aromatic nitrogens is 2. The number of carbonyl (C=O) groups is 1. The normalized spacial score (nSPS) is 12.8. The van der Waals surface area contributed by atoms with Crippen LogP contribution >= 0.6 is 0 Å². The molecule has 6 nitrogen and oxygen atoms in total. The van der Waals surface area contributed by atoms with Gasteiger partial charge in [-0.15, -0.1) is 0 Å². The molecule has 24 heavy (non-hydrogen) atoms. The molecular formula is C14H11F4N3O3. The van der Waals surface area contributed by atoms with Gasteiger partial charge in [0.05, 0.1) is 19.0 Å². The first kappa shape index (κ1) is 17.6. The molecule has 1 amide bonds. The molecule has 0 aliphatic carbocycles. The van der Waals surface area contributed by atoms with E-state index in [2.05, 4.69) is 9.97 Å². The second-order valence-electron chi connectivity index (χ2n) is 4.66. The van der Waals surface area contributed by atoms with Gasteiger partial charge in [0, 0.05) is 5.56 Å². The number of alkyl halides is 3. The minimum Gasteiger partial charge on any atom is -0.479 e. The second-order valence-corrected chi connectivity index (χ2v) is 4.66. The number of carbonyl (C=O) groups excluding carboxylic acids is 1. The van der Waals surface area contributed by atoms with Gasteiger partial charge in [0.1, 0.15) is 5.82 Å². The Balaban J connectivity index is 2.56. The van der Waals surface area contributed by atoms with Crippen molar-refractivity contribution in [2.45, 2.75) is 12.3 Å². The highest BCUT2D eigenvalue weighted by molar-refractivity contribution is 5.93. The van der Waals surface area contributed by atoms with Crippen LogP contribution in [0.2, 0.25) is 0 Å². The van der Waals surface area contributed by atoms with Gasteiger partial charge in [0.15, 0.2) is 11.8 Å². The average molecular weight is 345 g/mol. The highest BCUT2D eigenvalue weighted by Gasteiger charge is 2.39. The van der Waals surface area contributed by atoms with Crippen molar-refractivity contribution in [2.75, 3.05) is 7.11 Å². The molecule has 3 N–H and O–H groups in total. The number of hydrogen-bond donors (Lipinski definition) is 2. The van der Waals surface area contributed by atoms with E-state index in [-0.39, 0.29) is 17.1 Å². The van der Waals surface area contributed by atoms with Crippen molar-refractivity contribution in [1.82, 2.24) is 9.97 Å². The Morgan fingerprint density at radius 1 is 1.38 bits per heavy atom. The van der Waals surface area contributed by atoms with Gasteiger partial charge >= 0.3 is 6.18 Å². The first-order chi connectivity index (χ1) is 11.1. The fourth-order valence-corrected chi connectivity index (χ4v) is 1.92. The van der Waals surface area contributed by atoms with E-state index in [0.717, 1.165) is 24.4 Å². The Bertz CT molecular complexity index is 780. The van der Waals surface area contributed by atoms with E-state index in [1.54, 1.807) is 0 Å². The molecule has 1 atom stereocenters. The quantitative estimate of drug-likeness (QED) is 0.826. The van der Waals surface area contributed by atoms with Gasteiger partial charge in [-0.1, -0.05) is 6.07 Å². The van der Waals surface area contributed by atoms with E-state index in [0.29, 0.717) is 0 Å². The number of aliphatic hydroxyl groups excluding tert-OH is 1. The van der Waals surface area contributed by atoms with Crippen molar-refractivity contribution >= 4 is 5.91 Å². The SMILES string of the molecule is COc1ncc(-c2cc([C@H](O)C(F)(F)F)ccc2F)nc1C(N)=O. The van der Waals surface area contributed by atoms with Gasteiger partial charge in [0.25, 0.3) is 5.91 Å². The number of nitrogens with two attached hydrogens (primary N) is 1. The van der Waals surface area contributed by atoms with Gasteiger partial charge in [-0.2, -0.15) is 13.2 Å². The monoisotopic (exact) mass is 345 g/mol. The number of rotatable bonds is 4. The minimum absolute atomic E-state index is 0.210. The Labute approximate surface area is 132 Å². The summed E-state index contributed by atoms with van der Waals surface area (Å²) in [4.78, 5) is 18.8. The molecule has 0 spiro atoms. The second kappa shape index (κ2) is 6.40. The van der Waals surface area contributed by atoms with Gasteiger partial charge in [0.2, 0.25) is 5.88 Å². The summed E-state index contributed by atoms with van der Waals surface area (Å²) < 4.78 is 56.5. The fourth-order valence-electron chi connectivity index (χ4n) is 1.92. The summed E-state index contributed by atoms with van der Waals surface area (Å²) in [6.45, 7) is 0. The van der Waals surface area contributed by atoms with Crippen LogP contribution in [0.4, 0.5) is 17.6 Å². The predicted octanol–water partition coefficient (Wildman–Crippen LogP) is 1.99. The number of primary amides is 1. The summed E-state index contributed by atoms with van der Waals surface area (Å²) in [7, 11) is 1.21. The lowest BCUT2D eigenvalue weighted by atomic mass is 10.0. The van der Waals surface area contributed by atoms with Crippen LogP contribution in [-0.4, -0.2) is 34.3 Å². The number of ether oxygens (including phenoxy) is 1. The third-order valence-corrected chi connectivity index (χ3v) is 3.06. The van der Waals surface area contributed by atoms with Crippen molar-refractivity contribution in [3.05, 3.63) is 41.5 Å². The predicted molar refractivity (Wildman–Crippen MR) is 73.5 cm³/mol. The lowest BCUT2D eigenvalue weighted by Gasteiger charge is -2.16. The molecule has 0 saturated heterocycles. The molecule has 0 fully saturated rings. The third-order valence-electron chi connectivity index (χ3n) is 3.06. The molecule has 1 aromatic heterocycles. The molecule has 128 valence electrons. The molecule has 0 saturated carbocycles. The largest absolute Gasteiger partial charge is 0.479 e. The Kier molecular flexibility index (Phi) is 4.69. The fraction of sp³-hybridized carbons (Fsp3) is 0.214. The van der Waals surface area contributed by atoms with Crippen LogP contribution < -0.4 is 10.5 Å². The summed E-state index contributed by atoms with van der Waals surface area (Å²) in [5.74, 6) is -2.13. The third kappa shape index (κ3) is 3.43. The van der Waals surface area contributed by atoms with E-state index in [9.17, 15) is 27.5 Å². The van der Waals surface area contributed by atoms with Crippen LogP contribution in [0, 0.1) is 5.82 Å². The molecule has 1 aromatic carbocycles. The first-order valence-electron chi connectivity index (χ1n) is 6.40. The smallest absolute Gasteiger partial charge is 0.418 e. The molecule has 0 unspecified atom stereocenters. The van der Waals surface area contributed by atoms with Crippen LogP contribution in [0.5, 0.6) is 5.88 Å². The molecule has 0 radical (unpaired) electrons. The first-order valence-corrected chi connectivity index (χ1v) is 6.40. The van der Waals surface area contributed by atoms with E-state index < -0.39 is 35.3 Å². The van der Waals surface area contributed by atoms with Crippen molar-refractivity contribution in [3.8, 4) is 17.1 Å². The van der Waals surface area contributed by atoms with E-state index in [1.807, 2.05) is 0 Å². The molecule has 0 aliphatic heterocycles. The summed E-state index contributed by atoms with van der Waals surface area (Å²) in [6, 6.07) is 2.31. The molecule has 2 rings (SSSR count). The zero-order valence-corrected chi connectivity index (χ0v) is 12.1. The number of aliphatic hydroxyl groups is 1. The van der Waals surface area contributed by atoms with Crippen molar-refractivity contribution in [3.63, 3.8) is 0 Å². The van der Waals surface area contributed by atoms with E-state index in [4.69, 9.17) is 10.5 Å². The number of nitrogens with zero attached hydrogens (tertiary/aromatic N) is 2. The molecule has 0 bridgehead atoms. The van der Waals surface area contributed by atoms with Gasteiger partial charge in [-0.25, -0.2) is 14.4 Å². The molecule has 1 heterocycles. The van der Waals surface area contributed by atoms with Gasteiger partial charge in [-0.3, -0.25) is 4.79 Å². The zero-order chi connectivity index (χ0) is 18.1. The standard InChI is InChI=1S/C14H11F4N3O3/c1-24-13-10(12(19)23)21-9(5-20-13)7-4-6(2-3-8(7)15)11(22)14(16,17)18/h2-5,11,22H,1H3,(H2,19,23)/t11-/m0/s1. The van der Waals surface area contributed by atoms with E-state index in [1.165, 1.54) is 7.11 Å². The lowest BCUT2D eigenvalue weighted by Crippen LogP contribution is -2.20. The average Bonchev–Trinajstić information content (AvgIpc) is 2.53. The summed E-state index contributed by atoms with van der Waals surface area (Å²) in [5, 5.41) is 9.27. The number of halogens is 4.